The summed E-state index contributed by atoms with van der Waals surface area (Å²) in [5.41, 5.74) is 2.09. The highest BCUT2D eigenvalue weighted by Gasteiger charge is 2.38. The fourth-order valence-corrected chi connectivity index (χ4v) is 4.35. The summed E-state index contributed by atoms with van der Waals surface area (Å²) in [4.78, 5) is 11.9. The lowest BCUT2D eigenvalue weighted by Crippen LogP contribution is -2.42. The van der Waals surface area contributed by atoms with E-state index in [1.54, 1.807) is 36.4 Å². The highest BCUT2D eigenvalue weighted by atomic mass is 79.9. The number of alkyl halides is 1. The van der Waals surface area contributed by atoms with Crippen LogP contribution in [0.3, 0.4) is 0 Å². The predicted molar refractivity (Wildman–Crippen MR) is 90.1 cm³/mol. The molecule has 0 fully saturated rings. The standard InChI is InChI=1S/C16H14BrNO4S/c1-10-7-8-13-12(9-10)15(18-23(20,21)22-13)14(17)16(19)11-5-3-2-4-6-11/h2-9,14-15,18H,1H3/t14-,15+/m0/s1. The van der Waals surface area contributed by atoms with Crippen LogP contribution in [-0.2, 0) is 10.3 Å². The number of rotatable bonds is 3. The van der Waals surface area contributed by atoms with Crippen molar-refractivity contribution in [3.63, 3.8) is 0 Å². The molecule has 5 nitrogen and oxygen atoms in total. The molecule has 3 rings (SSSR count). The monoisotopic (exact) mass is 395 g/mol. The molecule has 0 aliphatic carbocycles. The van der Waals surface area contributed by atoms with Gasteiger partial charge in [-0.15, -0.1) is 0 Å². The lowest BCUT2D eigenvalue weighted by atomic mass is 9.96. The van der Waals surface area contributed by atoms with E-state index >= 15 is 0 Å². The van der Waals surface area contributed by atoms with E-state index in [0.717, 1.165) is 5.56 Å². The Morgan fingerprint density at radius 3 is 2.61 bits per heavy atom. The molecule has 0 aromatic heterocycles. The van der Waals surface area contributed by atoms with Crippen molar-refractivity contribution in [1.82, 2.24) is 4.72 Å². The summed E-state index contributed by atoms with van der Waals surface area (Å²) in [5, 5.41) is 0. The van der Waals surface area contributed by atoms with Crippen molar-refractivity contribution in [2.24, 2.45) is 0 Å². The van der Waals surface area contributed by atoms with Crippen LogP contribution < -0.4 is 8.91 Å². The molecule has 120 valence electrons. The summed E-state index contributed by atoms with van der Waals surface area (Å²) < 4.78 is 31.2. The minimum absolute atomic E-state index is 0.201. The summed E-state index contributed by atoms with van der Waals surface area (Å²) >= 11 is 3.36. The van der Waals surface area contributed by atoms with Crippen molar-refractivity contribution in [2.75, 3.05) is 0 Å². The number of aryl methyl sites for hydroxylation is 1. The Balaban J connectivity index is 2.02. The average Bonchev–Trinajstić information content (AvgIpc) is 2.53. The molecule has 7 heteroatoms. The van der Waals surface area contributed by atoms with Crippen LogP contribution in [0.1, 0.15) is 27.5 Å². The van der Waals surface area contributed by atoms with Gasteiger partial charge in [-0.25, -0.2) is 0 Å². The quantitative estimate of drug-likeness (QED) is 0.640. The van der Waals surface area contributed by atoms with Gasteiger partial charge in [0.1, 0.15) is 5.75 Å². The fourth-order valence-electron chi connectivity index (χ4n) is 2.48. The van der Waals surface area contributed by atoms with E-state index in [-0.39, 0.29) is 11.5 Å². The van der Waals surface area contributed by atoms with E-state index in [0.29, 0.717) is 11.1 Å². The smallest absolute Gasteiger partial charge is 0.371 e. The highest BCUT2D eigenvalue weighted by Crippen LogP contribution is 2.37. The minimum Gasteiger partial charge on any atom is -0.371 e. The first-order chi connectivity index (χ1) is 10.9. The van der Waals surface area contributed by atoms with Crippen molar-refractivity contribution in [2.45, 2.75) is 17.8 Å². The van der Waals surface area contributed by atoms with Crippen molar-refractivity contribution in [3.05, 3.63) is 65.2 Å². The van der Waals surface area contributed by atoms with Crippen molar-refractivity contribution < 1.29 is 17.4 Å². The van der Waals surface area contributed by atoms with Gasteiger partial charge in [0.2, 0.25) is 0 Å². The van der Waals surface area contributed by atoms with Gasteiger partial charge in [0, 0.05) is 11.1 Å². The van der Waals surface area contributed by atoms with Gasteiger partial charge in [-0.1, -0.05) is 64.0 Å². The van der Waals surface area contributed by atoms with E-state index in [2.05, 4.69) is 20.7 Å². The molecular formula is C16H14BrNO4S. The second-order valence-electron chi connectivity index (χ2n) is 5.31. The SMILES string of the molecule is Cc1ccc2c(c1)[C@H]([C@H](Br)C(=O)c1ccccc1)NS(=O)(=O)O2. The third-order valence-corrected chi connectivity index (χ3v) is 5.46. The molecule has 0 bridgehead atoms. The Morgan fingerprint density at radius 1 is 1.22 bits per heavy atom. The topological polar surface area (TPSA) is 72.5 Å². The maximum Gasteiger partial charge on any atom is 0.383 e. The van der Waals surface area contributed by atoms with Gasteiger partial charge >= 0.3 is 10.3 Å². The Hall–Kier alpha value is -1.70. The molecule has 0 spiro atoms. The van der Waals surface area contributed by atoms with Crippen LogP contribution in [0, 0.1) is 6.92 Å². The third kappa shape index (κ3) is 3.31. The Kier molecular flexibility index (Phi) is 4.27. The molecule has 2 atom stereocenters. The predicted octanol–water partition coefficient (Wildman–Crippen LogP) is 2.91. The van der Waals surface area contributed by atoms with E-state index in [9.17, 15) is 13.2 Å². The van der Waals surface area contributed by atoms with Crippen LogP contribution in [0.4, 0.5) is 0 Å². The molecule has 0 saturated carbocycles. The number of hydrogen-bond acceptors (Lipinski definition) is 4. The Morgan fingerprint density at radius 2 is 1.91 bits per heavy atom. The highest BCUT2D eigenvalue weighted by molar-refractivity contribution is 9.10. The van der Waals surface area contributed by atoms with E-state index in [1.807, 2.05) is 19.1 Å². The maximum absolute atomic E-state index is 12.6. The molecule has 0 unspecified atom stereocenters. The number of carbonyl (C=O) groups is 1. The molecule has 0 amide bonds. The van der Waals surface area contributed by atoms with Gasteiger partial charge in [0.25, 0.3) is 0 Å². The summed E-state index contributed by atoms with van der Waals surface area (Å²) in [6.07, 6.45) is 0. The third-order valence-electron chi connectivity index (χ3n) is 3.57. The average molecular weight is 396 g/mol. The number of halogens is 1. The van der Waals surface area contributed by atoms with Gasteiger partial charge < -0.3 is 4.18 Å². The van der Waals surface area contributed by atoms with Crippen LogP contribution >= 0.6 is 15.9 Å². The lowest BCUT2D eigenvalue weighted by molar-refractivity contribution is 0.0981. The largest absolute Gasteiger partial charge is 0.383 e. The minimum atomic E-state index is -3.95. The Labute approximate surface area is 143 Å². The van der Waals surface area contributed by atoms with E-state index in [1.165, 1.54) is 0 Å². The molecule has 0 radical (unpaired) electrons. The first-order valence-electron chi connectivity index (χ1n) is 6.93. The van der Waals surface area contributed by atoms with Gasteiger partial charge in [0.05, 0.1) is 10.9 Å². The molecule has 1 N–H and O–H groups in total. The van der Waals surface area contributed by atoms with Crippen LogP contribution in [0.5, 0.6) is 5.75 Å². The van der Waals surface area contributed by atoms with Crippen LogP contribution in [0.25, 0.3) is 0 Å². The van der Waals surface area contributed by atoms with E-state index in [4.69, 9.17) is 4.18 Å². The second kappa shape index (κ2) is 6.07. The van der Waals surface area contributed by atoms with Crippen molar-refractivity contribution in [1.29, 1.82) is 0 Å². The van der Waals surface area contributed by atoms with Crippen LogP contribution in [0.2, 0.25) is 0 Å². The van der Waals surface area contributed by atoms with Crippen LogP contribution in [-0.4, -0.2) is 19.0 Å². The number of nitrogens with one attached hydrogen (secondary N) is 1. The Bertz CT molecular complexity index is 852. The van der Waals surface area contributed by atoms with E-state index < -0.39 is 21.2 Å². The zero-order valence-electron chi connectivity index (χ0n) is 12.2. The molecule has 1 aliphatic heterocycles. The van der Waals surface area contributed by atoms with Gasteiger partial charge in [-0.05, 0) is 13.0 Å². The van der Waals surface area contributed by atoms with Gasteiger partial charge in [-0.3, -0.25) is 4.79 Å². The zero-order chi connectivity index (χ0) is 16.6. The number of Topliss-reactive ketones (excluding diaryl/α,β-unsaturated/α-hetero) is 1. The fraction of sp³-hybridized carbons (Fsp3) is 0.188. The van der Waals surface area contributed by atoms with Crippen molar-refractivity contribution in [3.8, 4) is 5.75 Å². The summed E-state index contributed by atoms with van der Waals surface area (Å²) in [6.45, 7) is 1.89. The second-order valence-corrected chi connectivity index (χ2v) is 7.60. The number of fused-ring (bicyclic) bond motifs is 1. The number of benzene rings is 2. The molecule has 2 aromatic rings. The zero-order valence-corrected chi connectivity index (χ0v) is 14.6. The molecule has 1 aliphatic rings. The maximum atomic E-state index is 12.6. The molecular weight excluding hydrogens is 382 g/mol. The number of carbonyl (C=O) groups excluding carboxylic acids is 1. The summed E-state index contributed by atoms with van der Waals surface area (Å²) in [7, 11) is -3.95. The molecule has 23 heavy (non-hydrogen) atoms. The number of hydrogen-bond donors (Lipinski definition) is 1. The van der Waals surface area contributed by atoms with Gasteiger partial charge in [0.15, 0.2) is 5.78 Å². The number of ketones is 1. The summed E-state index contributed by atoms with van der Waals surface area (Å²) in [6, 6.07) is 13.2. The van der Waals surface area contributed by atoms with Crippen molar-refractivity contribution >= 4 is 32.0 Å². The summed E-state index contributed by atoms with van der Waals surface area (Å²) in [5.74, 6) is 0.0392. The molecule has 2 aromatic carbocycles. The first kappa shape index (κ1) is 16.2. The van der Waals surface area contributed by atoms with Gasteiger partial charge in [-0.2, -0.15) is 13.1 Å². The molecule has 0 saturated heterocycles. The lowest BCUT2D eigenvalue weighted by Gasteiger charge is -2.29. The normalized spacial score (nSPS) is 20.2. The van der Waals surface area contributed by atoms with Crippen LogP contribution in [0.15, 0.2) is 48.5 Å². The first-order valence-corrected chi connectivity index (χ1v) is 9.25. The molecule has 1 heterocycles.